The van der Waals surface area contributed by atoms with Crippen LogP contribution < -0.4 is 10.4 Å². The Morgan fingerprint density at radius 2 is 1.05 bits per heavy atom. The standard InChI is InChI=1S/C20H20OSi/c1-22(19-13-7-3-8-14-19,20-15-9-4-10-16-20)21-17-18-11-5-2-6-12-18/h2-16H,17H2,1H3. The fraction of sp³-hybridized carbons (Fsp3) is 0.100. The summed E-state index contributed by atoms with van der Waals surface area (Å²) in [4.78, 5) is 0. The predicted octanol–water partition coefficient (Wildman–Crippen LogP) is 3.59. The summed E-state index contributed by atoms with van der Waals surface area (Å²) in [6.07, 6.45) is 0. The third-order valence-electron chi connectivity index (χ3n) is 4.02. The molecule has 0 heterocycles. The average molecular weight is 304 g/mol. The zero-order chi connectivity index (χ0) is 15.3. The minimum absolute atomic E-state index is 0.646. The molecule has 0 saturated carbocycles. The van der Waals surface area contributed by atoms with Crippen LogP contribution in [0.4, 0.5) is 0 Å². The van der Waals surface area contributed by atoms with Crippen molar-refractivity contribution in [1.29, 1.82) is 0 Å². The molecule has 0 aliphatic rings. The first-order valence-corrected chi connectivity index (χ1v) is 9.99. The van der Waals surface area contributed by atoms with E-state index in [4.69, 9.17) is 4.43 Å². The molecule has 2 heteroatoms. The van der Waals surface area contributed by atoms with Crippen molar-refractivity contribution in [3.8, 4) is 0 Å². The van der Waals surface area contributed by atoms with Crippen LogP contribution in [0.2, 0.25) is 6.55 Å². The summed E-state index contributed by atoms with van der Waals surface area (Å²) in [7, 11) is -2.18. The summed E-state index contributed by atoms with van der Waals surface area (Å²) in [6, 6.07) is 31.6. The highest BCUT2D eigenvalue weighted by Gasteiger charge is 2.33. The molecule has 110 valence electrons. The maximum absolute atomic E-state index is 6.53. The highest BCUT2D eigenvalue weighted by molar-refractivity contribution is 6.96. The van der Waals surface area contributed by atoms with Gasteiger partial charge in [-0.05, 0) is 22.5 Å². The quantitative estimate of drug-likeness (QED) is 0.655. The summed E-state index contributed by atoms with van der Waals surface area (Å²) in [6.45, 7) is 2.92. The molecular formula is C20H20OSi. The SMILES string of the molecule is C[Si](OCc1ccccc1)(c1ccccc1)c1ccccc1. The summed E-state index contributed by atoms with van der Waals surface area (Å²) < 4.78 is 6.53. The molecule has 1 nitrogen and oxygen atoms in total. The Morgan fingerprint density at radius 1 is 0.636 bits per heavy atom. The minimum Gasteiger partial charge on any atom is -0.404 e. The molecule has 0 aliphatic heterocycles. The Hall–Kier alpha value is -2.16. The molecule has 0 aliphatic carbocycles. The van der Waals surface area contributed by atoms with Gasteiger partial charge in [-0.1, -0.05) is 91.0 Å². The van der Waals surface area contributed by atoms with Crippen molar-refractivity contribution in [1.82, 2.24) is 0 Å². The molecule has 0 fully saturated rings. The van der Waals surface area contributed by atoms with Gasteiger partial charge in [0, 0.05) is 0 Å². The van der Waals surface area contributed by atoms with Crippen LogP contribution in [0.3, 0.4) is 0 Å². The van der Waals surface area contributed by atoms with Gasteiger partial charge in [-0.3, -0.25) is 0 Å². The molecular weight excluding hydrogens is 284 g/mol. The van der Waals surface area contributed by atoms with Gasteiger partial charge in [0.05, 0.1) is 6.61 Å². The normalized spacial score (nSPS) is 11.3. The first-order chi connectivity index (χ1) is 10.8. The number of rotatable bonds is 5. The third kappa shape index (κ3) is 3.19. The molecule has 0 amide bonds. The first kappa shape index (κ1) is 14.8. The van der Waals surface area contributed by atoms with E-state index >= 15 is 0 Å². The highest BCUT2D eigenvalue weighted by atomic mass is 28.4. The molecule has 0 N–H and O–H groups in total. The van der Waals surface area contributed by atoms with Crippen molar-refractivity contribution in [3.63, 3.8) is 0 Å². The van der Waals surface area contributed by atoms with E-state index in [1.165, 1.54) is 15.9 Å². The molecule has 0 aromatic heterocycles. The largest absolute Gasteiger partial charge is 0.404 e. The van der Waals surface area contributed by atoms with Crippen molar-refractivity contribution in [2.45, 2.75) is 13.2 Å². The second-order valence-electron chi connectivity index (χ2n) is 5.54. The first-order valence-electron chi connectivity index (χ1n) is 7.58. The van der Waals surface area contributed by atoms with Crippen LogP contribution in [-0.4, -0.2) is 8.32 Å². The number of hydrogen-bond donors (Lipinski definition) is 0. The maximum atomic E-state index is 6.53. The molecule has 0 spiro atoms. The van der Waals surface area contributed by atoms with Crippen LogP contribution >= 0.6 is 0 Å². The second kappa shape index (κ2) is 6.73. The molecule has 3 rings (SSSR count). The Kier molecular flexibility index (Phi) is 4.52. The van der Waals surface area contributed by atoms with Crippen LogP contribution in [-0.2, 0) is 11.0 Å². The van der Waals surface area contributed by atoms with Crippen molar-refractivity contribution in [3.05, 3.63) is 96.6 Å². The molecule has 0 bridgehead atoms. The van der Waals surface area contributed by atoms with E-state index in [2.05, 4.69) is 91.5 Å². The van der Waals surface area contributed by atoms with Crippen LogP contribution in [0.25, 0.3) is 0 Å². The smallest absolute Gasteiger partial charge is 0.253 e. The van der Waals surface area contributed by atoms with Crippen LogP contribution in [0, 0.1) is 0 Å². The molecule has 0 unspecified atom stereocenters. The summed E-state index contributed by atoms with van der Waals surface area (Å²) in [5.41, 5.74) is 1.22. The lowest BCUT2D eigenvalue weighted by molar-refractivity contribution is 0.308. The number of benzene rings is 3. The summed E-state index contributed by atoms with van der Waals surface area (Å²) >= 11 is 0. The van der Waals surface area contributed by atoms with Crippen molar-refractivity contribution in [2.24, 2.45) is 0 Å². The fourth-order valence-electron chi connectivity index (χ4n) is 2.65. The molecule has 3 aromatic carbocycles. The van der Waals surface area contributed by atoms with E-state index in [9.17, 15) is 0 Å². The highest BCUT2D eigenvalue weighted by Crippen LogP contribution is 2.11. The lowest BCUT2D eigenvalue weighted by Gasteiger charge is -2.28. The molecule has 3 aromatic rings. The van der Waals surface area contributed by atoms with Gasteiger partial charge in [0.2, 0.25) is 0 Å². The lowest BCUT2D eigenvalue weighted by Crippen LogP contribution is -2.58. The van der Waals surface area contributed by atoms with E-state index in [0.717, 1.165) is 0 Å². The van der Waals surface area contributed by atoms with Crippen LogP contribution in [0.15, 0.2) is 91.0 Å². The average Bonchev–Trinajstić information content (AvgIpc) is 2.62. The van der Waals surface area contributed by atoms with Gasteiger partial charge in [-0.15, -0.1) is 0 Å². The Labute approximate surface area is 133 Å². The lowest BCUT2D eigenvalue weighted by atomic mass is 10.2. The zero-order valence-corrected chi connectivity index (χ0v) is 13.8. The van der Waals surface area contributed by atoms with Crippen LogP contribution in [0.1, 0.15) is 5.56 Å². The molecule has 0 radical (unpaired) electrons. The van der Waals surface area contributed by atoms with Gasteiger partial charge in [0.1, 0.15) is 0 Å². The van der Waals surface area contributed by atoms with Crippen molar-refractivity contribution in [2.75, 3.05) is 0 Å². The van der Waals surface area contributed by atoms with E-state index in [-0.39, 0.29) is 0 Å². The van der Waals surface area contributed by atoms with Crippen molar-refractivity contribution >= 4 is 18.7 Å². The van der Waals surface area contributed by atoms with Crippen LogP contribution in [0.5, 0.6) is 0 Å². The summed E-state index contributed by atoms with van der Waals surface area (Å²) in [5, 5.41) is 2.61. The van der Waals surface area contributed by atoms with Gasteiger partial charge >= 0.3 is 0 Å². The minimum atomic E-state index is -2.18. The zero-order valence-electron chi connectivity index (χ0n) is 12.8. The molecule has 22 heavy (non-hydrogen) atoms. The molecule has 0 saturated heterocycles. The Morgan fingerprint density at radius 3 is 1.50 bits per heavy atom. The second-order valence-corrected chi connectivity index (χ2v) is 9.05. The van der Waals surface area contributed by atoms with E-state index < -0.39 is 8.32 Å². The van der Waals surface area contributed by atoms with E-state index in [1.54, 1.807) is 0 Å². The topological polar surface area (TPSA) is 9.23 Å². The van der Waals surface area contributed by atoms with Gasteiger partial charge < -0.3 is 4.43 Å². The Bertz CT molecular complexity index is 656. The van der Waals surface area contributed by atoms with Crippen molar-refractivity contribution < 1.29 is 4.43 Å². The van der Waals surface area contributed by atoms with Gasteiger partial charge in [-0.2, -0.15) is 0 Å². The third-order valence-corrected chi connectivity index (χ3v) is 7.61. The molecule has 0 atom stereocenters. The number of hydrogen-bond acceptors (Lipinski definition) is 1. The monoisotopic (exact) mass is 304 g/mol. The van der Waals surface area contributed by atoms with Gasteiger partial charge in [-0.25, -0.2) is 0 Å². The maximum Gasteiger partial charge on any atom is 0.253 e. The predicted molar refractivity (Wildman–Crippen MR) is 95.0 cm³/mol. The van der Waals surface area contributed by atoms with E-state index in [1.807, 2.05) is 6.07 Å². The fourth-order valence-corrected chi connectivity index (χ4v) is 5.43. The van der Waals surface area contributed by atoms with Gasteiger partial charge in [0.25, 0.3) is 8.32 Å². The summed E-state index contributed by atoms with van der Waals surface area (Å²) in [5.74, 6) is 0. The Balaban J connectivity index is 1.93. The van der Waals surface area contributed by atoms with E-state index in [0.29, 0.717) is 6.61 Å². The van der Waals surface area contributed by atoms with Gasteiger partial charge in [0.15, 0.2) is 0 Å².